The number of carbonyl (C=O) groups is 1. The highest BCUT2D eigenvalue weighted by atomic mass is 35.5. The summed E-state index contributed by atoms with van der Waals surface area (Å²) in [6.07, 6.45) is 3.36. The Bertz CT molecular complexity index is 388. The van der Waals surface area contributed by atoms with Gasteiger partial charge < -0.3 is 4.74 Å². The Kier molecular flexibility index (Phi) is 4.95. The number of hydrogen-bond acceptors (Lipinski definition) is 2. The van der Waals surface area contributed by atoms with Crippen molar-refractivity contribution in [1.82, 2.24) is 0 Å². The molecule has 0 aliphatic rings. The maximum absolute atomic E-state index is 9.86. The fourth-order valence-electron chi connectivity index (χ4n) is 0.939. The zero-order valence-electron chi connectivity index (χ0n) is 7.54. The highest BCUT2D eigenvalue weighted by Gasteiger charge is 2.05. The Labute approximate surface area is 102 Å². The molecule has 1 aromatic rings. The third-order valence-corrected chi connectivity index (χ3v) is 2.93. The summed E-state index contributed by atoms with van der Waals surface area (Å²) in [5.41, 5.74) is 0.723. The van der Waals surface area contributed by atoms with E-state index in [1.165, 1.54) is 0 Å². The maximum Gasteiger partial charge on any atom is 0.293 e. The van der Waals surface area contributed by atoms with Crippen molar-refractivity contribution in [2.45, 2.75) is 0 Å². The van der Waals surface area contributed by atoms with Crippen molar-refractivity contribution < 1.29 is 9.53 Å². The van der Waals surface area contributed by atoms with E-state index in [9.17, 15) is 4.79 Å². The Morgan fingerprint density at radius 3 is 2.60 bits per heavy atom. The Balaban J connectivity index is 2.82. The molecule has 1 rings (SSSR count). The van der Waals surface area contributed by atoms with Crippen LogP contribution in [-0.2, 0) is 9.53 Å². The lowest BCUT2D eigenvalue weighted by Gasteiger charge is -2.02. The largest absolute Gasteiger partial charge is 0.464 e. The minimum absolute atomic E-state index is 0.195. The van der Waals surface area contributed by atoms with Crippen LogP contribution in [0.5, 0.6) is 0 Å². The van der Waals surface area contributed by atoms with E-state index in [2.05, 4.69) is 4.74 Å². The van der Waals surface area contributed by atoms with Crippen LogP contribution < -0.4 is 0 Å². The van der Waals surface area contributed by atoms with E-state index >= 15 is 0 Å². The lowest BCUT2D eigenvalue weighted by Crippen LogP contribution is -1.86. The lowest BCUT2D eigenvalue weighted by molar-refractivity contribution is -0.127. The molecule has 0 atom stereocenters. The van der Waals surface area contributed by atoms with Gasteiger partial charge in [0.25, 0.3) is 6.47 Å². The van der Waals surface area contributed by atoms with Crippen molar-refractivity contribution in [3.8, 4) is 0 Å². The molecule has 0 unspecified atom stereocenters. The molecular formula is C10H7Cl3O2. The standard InChI is InChI=1S/C10H7Cl3O2/c11-8-4-3-7(9(12)10(8)13)2-1-5-15-6-14/h1-4,6H,5H2/b2-1+. The second kappa shape index (κ2) is 6.01. The molecule has 0 radical (unpaired) electrons. The number of rotatable bonds is 4. The van der Waals surface area contributed by atoms with Crippen molar-refractivity contribution in [3.63, 3.8) is 0 Å². The minimum atomic E-state index is 0.195. The van der Waals surface area contributed by atoms with Crippen LogP contribution in [0.1, 0.15) is 5.56 Å². The predicted octanol–water partition coefficient (Wildman–Crippen LogP) is 3.83. The molecule has 0 spiro atoms. The molecule has 0 bridgehead atoms. The number of benzene rings is 1. The van der Waals surface area contributed by atoms with Gasteiger partial charge in [0.1, 0.15) is 6.61 Å². The maximum atomic E-state index is 9.86. The second-order valence-electron chi connectivity index (χ2n) is 2.60. The number of hydrogen-bond donors (Lipinski definition) is 0. The SMILES string of the molecule is O=COC/C=C/c1ccc(Cl)c(Cl)c1Cl. The molecule has 0 fully saturated rings. The first-order valence-electron chi connectivity index (χ1n) is 4.02. The van der Waals surface area contributed by atoms with Gasteiger partial charge in [-0.25, -0.2) is 0 Å². The average Bonchev–Trinajstić information content (AvgIpc) is 2.24. The van der Waals surface area contributed by atoms with Crippen molar-refractivity contribution in [2.75, 3.05) is 6.61 Å². The monoisotopic (exact) mass is 264 g/mol. The molecule has 2 nitrogen and oxygen atoms in total. The molecule has 5 heteroatoms. The summed E-state index contributed by atoms with van der Waals surface area (Å²) in [5, 5.41) is 1.10. The van der Waals surface area contributed by atoms with Crippen molar-refractivity contribution in [3.05, 3.63) is 38.8 Å². The van der Waals surface area contributed by atoms with E-state index in [-0.39, 0.29) is 6.61 Å². The third kappa shape index (κ3) is 3.42. The Hall–Kier alpha value is -0.700. The molecule has 0 aliphatic carbocycles. The summed E-state index contributed by atoms with van der Waals surface area (Å²) in [4.78, 5) is 9.86. The summed E-state index contributed by atoms with van der Waals surface area (Å²) in [6.45, 7) is 0.570. The van der Waals surface area contributed by atoms with Crippen molar-refractivity contribution >= 4 is 47.4 Å². The van der Waals surface area contributed by atoms with Crippen LogP contribution in [0.3, 0.4) is 0 Å². The van der Waals surface area contributed by atoms with E-state index in [4.69, 9.17) is 34.8 Å². The van der Waals surface area contributed by atoms with Crippen LogP contribution in [0.4, 0.5) is 0 Å². The average molecular weight is 266 g/mol. The van der Waals surface area contributed by atoms with Crippen LogP contribution in [-0.4, -0.2) is 13.1 Å². The fraction of sp³-hybridized carbons (Fsp3) is 0.100. The van der Waals surface area contributed by atoms with E-state index in [1.807, 2.05) is 0 Å². The van der Waals surface area contributed by atoms with Crippen LogP contribution in [0.25, 0.3) is 6.08 Å². The highest BCUT2D eigenvalue weighted by Crippen LogP contribution is 2.33. The summed E-state index contributed by atoms with van der Waals surface area (Å²) in [6, 6.07) is 3.38. The van der Waals surface area contributed by atoms with Gasteiger partial charge in [0.05, 0.1) is 15.1 Å². The topological polar surface area (TPSA) is 26.3 Å². The quantitative estimate of drug-likeness (QED) is 0.470. The first-order valence-corrected chi connectivity index (χ1v) is 5.15. The van der Waals surface area contributed by atoms with Crippen LogP contribution in [0.15, 0.2) is 18.2 Å². The Morgan fingerprint density at radius 2 is 1.93 bits per heavy atom. The molecule has 0 heterocycles. The molecule has 0 saturated carbocycles. The number of halogens is 3. The number of ether oxygens (including phenoxy) is 1. The number of carbonyl (C=O) groups excluding carboxylic acids is 1. The smallest absolute Gasteiger partial charge is 0.293 e. The van der Waals surface area contributed by atoms with Gasteiger partial charge in [0.2, 0.25) is 0 Å². The van der Waals surface area contributed by atoms with Gasteiger partial charge in [-0.2, -0.15) is 0 Å². The third-order valence-electron chi connectivity index (χ3n) is 1.62. The van der Waals surface area contributed by atoms with Gasteiger partial charge >= 0.3 is 0 Å². The molecular weight excluding hydrogens is 258 g/mol. The highest BCUT2D eigenvalue weighted by molar-refractivity contribution is 6.48. The zero-order valence-corrected chi connectivity index (χ0v) is 9.81. The van der Waals surface area contributed by atoms with Gasteiger partial charge in [-0.05, 0) is 17.7 Å². The molecule has 0 aromatic heterocycles. The van der Waals surface area contributed by atoms with Crippen LogP contribution in [0, 0.1) is 0 Å². The van der Waals surface area contributed by atoms with E-state index in [1.54, 1.807) is 24.3 Å². The molecule has 0 amide bonds. The zero-order chi connectivity index (χ0) is 11.3. The minimum Gasteiger partial charge on any atom is -0.464 e. The van der Waals surface area contributed by atoms with Crippen LogP contribution >= 0.6 is 34.8 Å². The van der Waals surface area contributed by atoms with Gasteiger partial charge in [-0.1, -0.05) is 46.9 Å². The van der Waals surface area contributed by atoms with Gasteiger partial charge in [-0.3, -0.25) is 4.79 Å². The second-order valence-corrected chi connectivity index (χ2v) is 3.76. The normalized spacial score (nSPS) is 10.6. The first kappa shape index (κ1) is 12.4. The molecule has 0 aliphatic heterocycles. The van der Waals surface area contributed by atoms with E-state index < -0.39 is 0 Å². The Morgan fingerprint density at radius 1 is 1.20 bits per heavy atom. The molecule has 0 saturated heterocycles. The van der Waals surface area contributed by atoms with Gasteiger partial charge in [0.15, 0.2) is 0 Å². The molecule has 80 valence electrons. The van der Waals surface area contributed by atoms with Gasteiger partial charge in [-0.15, -0.1) is 0 Å². The summed E-state index contributed by atoms with van der Waals surface area (Å²) in [5.74, 6) is 0. The van der Waals surface area contributed by atoms with E-state index in [0.29, 0.717) is 21.5 Å². The van der Waals surface area contributed by atoms with E-state index in [0.717, 1.165) is 5.56 Å². The summed E-state index contributed by atoms with van der Waals surface area (Å²) in [7, 11) is 0. The van der Waals surface area contributed by atoms with Crippen molar-refractivity contribution in [1.29, 1.82) is 0 Å². The van der Waals surface area contributed by atoms with Gasteiger partial charge in [0, 0.05) is 0 Å². The summed E-state index contributed by atoms with van der Waals surface area (Å²) >= 11 is 17.5. The predicted molar refractivity (Wildman–Crippen MR) is 62.5 cm³/mol. The van der Waals surface area contributed by atoms with Crippen LogP contribution in [0.2, 0.25) is 15.1 Å². The molecule has 15 heavy (non-hydrogen) atoms. The lowest BCUT2D eigenvalue weighted by atomic mass is 10.2. The molecule has 1 aromatic carbocycles. The molecule has 0 N–H and O–H groups in total. The first-order chi connectivity index (χ1) is 7.16. The fourth-order valence-corrected chi connectivity index (χ4v) is 1.55. The summed E-state index contributed by atoms with van der Waals surface area (Å²) < 4.78 is 4.48. The van der Waals surface area contributed by atoms with Crippen molar-refractivity contribution in [2.24, 2.45) is 0 Å².